The van der Waals surface area contributed by atoms with Crippen LogP contribution in [-0.2, 0) is 9.47 Å². The summed E-state index contributed by atoms with van der Waals surface area (Å²) in [5.41, 5.74) is 0. The van der Waals surface area contributed by atoms with Crippen molar-refractivity contribution >= 4 is 0 Å². The van der Waals surface area contributed by atoms with E-state index in [1.54, 1.807) is 0 Å². The van der Waals surface area contributed by atoms with E-state index in [4.69, 9.17) is 14.6 Å². The molecule has 11 heavy (non-hydrogen) atoms. The molecule has 0 spiro atoms. The highest BCUT2D eigenvalue weighted by Crippen LogP contribution is 2.21. The maximum atomic E-state index is 8.64. The standard InChI is InChI=1S/C8H16O3/c1-8(2)10-5-7(3-4-9)6-11-8/h7,9H,3-6H2,1-2H3/i5+2. The average molecular weight is 162 g/mol. The third-order valence-corrected chi connectivity index (χ3v) is 1.87. The molecular formula is C8H16O3. The fraction of sp³-hybridized carbons (Fsp3) is 1.00. The van der Waals surface area contributed by atoms with Crippen LogP contribution in [0.5, 0.6) is 0 Å². The molecule has 66 valence electrons. The van der Waals surface area contributed by atoms with Gasteiger partial charge in [-0.05, 0) is 20.3 Å². The smallest absolute Gasteiger partial charge is 0.162 e. The van der Waals surface area contributed by atoms with Crippen molar-refractivity contribution in [1.82, 2.24) is 0 Å². The molecule has 0 aliphatic carbocycles. The van der Waals surface area contributed by atoms with E-state index >= 15 is 0 Å². The lowest BCUT2D eigenvalue weighted by atomic mass is 10.2. The number of aliphatic hydroxyl groups excluding tert-OH is 1. The highest BCUT2D eigenvalue weighted by Gasteiger charge is 2.27. The Hall–Kier alpha value is -0.120. The molecule has 0 bridgehead atoms. The number of rotatable bonds is 2. The van der Waals surface area contributed by atoms with E-state index in [-0.39, 0.29) is 6.61 Å². The van der Waals surface area contributed by atoms with Crippen molar-refractivity contribution in [3.8, 4) is 0 Å². The Morgan fingerprint density at radius 3 is 2.82 bits per heavy atom. The zero-order chi connectivity index (χ0) is 8.32. The molecule has 3 heteroatoms. The Balaban J connectivity index is 2.25. The van der Waals surface area contributed by atoms with Crippen LogP contribution in [0.25, 0.3) is 0 Å². The second kappa shape index (κ2) is 3.52. The van der Waals surface area contributed by atoms with E-state index in [2.05, 4.69) is 0 Å². The van der Waals surface area contributed by atoms with Gasteiger partial charge in [0, 0.05) is 12.5 Å². The monoisotopic (exact) mass is 162 g/mol. The van der Waals surface area contributed by atoms with Crippen molar-refractivity contribution in [3.05, 3.63) is 0 Å². The van der Waals surface area contributed by atoms with Crippen LogP contribution in [-0.4, -0.2) is 30.7 Å². The second-order valence-corrected chi connectivity index (χ2v) is 3.40. The Bertz CT molecular complexity index is 113. The Morgan fingerprint density at radius 1 is 1.64 bits per heavy atom. The van der Waals surface area contributed by atoms with Gasteiger partial charge in [0.15, 0.2) is 5.79 Å². The van der Waals surface area contributed by atoms with Crippen LogP contribution in [0.1, 0.15) is 20.3 Å². The van der Waals surface area contributed by atoms with Gasteiger partial charge in [0.25, 0.3) is 0 Å². The first-order valence-electron chi connectivity index (χ1n) is 4.03. The van der Waals surface area contributed by atoms with Crippen LogP contribution < -0.4 is 0 Å². The largest absolute Gasteiger partial charge is 0.396 e. The Morgan fingerprint density at radius 2 is 2.36 bits per heavy atom. The predicted octanol–water partition coefficient (Wildman–Crippen LogP) is 0.768. The van der Waals surface area contributed by atoms with Gasteiger partial charge in [-0.1, -0.05) is 0 Å². The fourth-order valence-electron chi connectivity index (χ4n) is 1.08. The maximum absolute atomic E-state index is 8.64. The molecule has 0 aromatic rings. The summed E-state index contributed by atoms with van der Waals surface area (Å²) < 4.78 is 10.8. The molecule has 0 saturated carbocycles. The van der Waals surface area contributed by atoms with E-state index in [0.717, 1.165) is 6.42 Å². The summed E-state index contributed by atoms with van der Waals surface area (Å²) in [5.74, 6) is -0.0561. The second-order valence-electron chi connectivity index (χ2n) is 3.40. The van der Waals surface area contributed by atoms with Gasteiger partial charge >= 0.3 is 0 Å². The topological polar surface area (TPSA) is 38.7 Å². The van der Waals surface area contributed by atoms with E-state index in [0.29, 0.717) is 19.1 Å². The Kier molecular flexibility index (Phi) is 2.87. The zero-order valence-corrected chi connectivity index (χ0v) is 7.17. The number of hydrogen-bond acceptors (Lipinski definition) is 3. The van der Waals surface area contributed by atoms with Crippen molar-refractivity contribution in [1.29, 1.82) is 0 Å². The van der Waals surface area contributed by atoms with Gasteiger partial charge in [0.2, 0.25) is 0 Å². The third kappa shape index (κ3) is 2.77. The van der Waals surface area contributed by atoms with E-state index < -0.39 is 5.79 Å². The highest BCUT2D eigenvalue weighted by molar-refractivity contribution is 4.66. The van der Waals surface area contributed by atoms with Gasteiger partial charge in [-0.2, -0.15) is 0 Å². The summed E-state index contributed by atoms with van der Waals surface area (Å²) in [4.78, 5) is 0. The van der Waals surface area contributed by atoms with Gasteiger partial charge in [-0.3, -0.25) is 0 Å². The minimum atomic E-state index is -0.425. The molecular weight excluding hydrogens is 146 g/mol. The molecule has 1 atom stereocenters. The van der Waals surface area contributed by atoms with Crippen LogP contribution in [0.15, 0.2) is 0 Å². The average Bonchev–Trinajstić information content (AvgIpc) is 1.94. The molecule has 1 unspecified atom stereocenters. The molecule has 0 aromatic heterocycles. The molecule has 1 N–H and O–H groups in total. The molecule has 0 radical (unpaired) electrons. The number of aliphatic hydroxyl groups is 1. The Labute approximate surface area is 67.3 Å². The fourth-order valence-corrected chi connectivity index (χ4v) is 1.08. The van der Waals surface area contributed by atoms with E-state index in [9.17, 15) is 0 Å². The molecule has 1 heterocycles. The third-order valence-electron chi connectivity index (χ3n) is 1.87. The first-order chi connectivity index (χ1) is 5.14. The molecule has 1 aliphatic heterocycles. The maximum Gasteiger partial charge on any atom is 0.162 e. The first kappa shape index (κ1) is 8.97. The highest BCUT2D eigenvalue weighted by atomic mass is 16.8. The van der Waals surface area contributed by atoms with Crippen LogP contribution in [0.3, 0.4) is 0 Å². The van der Waals surface area contributed by atoms with Crippen LogP contribution in [0, 0.1) is 5.92 Å². The zero-order valence-electron chi connectivity index (χ0n) is 7.17. The quantitative estimate of drug-likeness (QED) is 0.651. The minimum Gasteiger partial charge on any atom is -0.396 e. The lowest BCUT2D eigenvalue weighted by molar-refractivity contribution is -0.263. The lowest BCUT2D eigenvalue weighted by Crippen LogP contribution is -2.39. The van der Waals surface area contributed by atoms with Crippen molar-refractivity contribution in [3.63, 3.8) is 0 Å². The summed E-state index contributed by atoms with van der Waals surface area (Å²) in [6, 6.07) is 0. The molecule has 0 amide bonds. The van der Waals surface area contributed by atoms with Gasteiger partial charge in [-0.25, -0.2) is 0 Å². The van der Waals surface area contributed by atoms with Crippen LogP contribution in [0.2, 0.25) is 0 Å². The molecule has 0 aromatic carbocycles. The number of ether oxygens (including phenoxy) is 2. The predicted molar refractivity (Wildman–Crippen MR) is 41.2 cm³/mol. The van der Waals surface area contributed by atoms with E-state index in [1.165, 1.54) is 0 Å². The normalized spacial score (nSPS) is 30.3. The van der Waals surface area contributed by atoms with Crippen LogP contribution in [0.4, 0.5) is 0 Å². The summed E-state index contributed by atoms with van der Waals surface area (Å²) in [7, 11) is 0. The molecule has 1 rings (SSSR count). The molecule has 1 saturated heterocycles. The minimum absolute atomic E-state index is 0.220. The SMILES string of the molecule is CC1(C)OCC(CCO)[14CH2]O1. The lowest BCUT2D eigenvalue weighted by Gasteiger charge is -2.34. The summed E-state index contributed by atoms with van der Waals surface area (Å²) in [5, 5.41) is 8.64. The van der Waals surface area contributed by atoms with Crippen molar-refractivity contribution in [2.24, 2.45) is 5.92 Å². The van der Waals surface area contributed by atoms with Crippen molar-refractivity contribution < 1.29 is 14.6 Å². The van der Waals surface area contributed by atoms with Gasteiger partial charge < -0.3 is 14.6 Å². The van der Waals surface area contributed by atoms with E-state index in [1.807, 2.05) is 13.8 Å². The molecule has 1 fully saturated rings. The summed E-state index contributed by atoms with van der Waals surface area (Å²) in [6.45, 7) is 5.43. The van der Waals surface area contributed by atoms with Gasteiger partial charge in [0.1, 0.15) is 0 Å². The van der Waals surface area contributed by atoms with Gasteiger partial charge in [-0.15, -0.1) is 0 Å². The summed E-state index contributed by atoms with van der Waals surface area (Å²) >= 11 is 0. The van der Waals surface area contributed by atoms with Gasteiger partial charge in [0.05, 0.1) is 13.2 Å². The van der Waals surface area contributed by atoms with Crippen LogP contribution >= 0.6 is 0 Å². The van der Waals surface area contributed by atoms with Crippen molar-refractivity contribution in [2.45, 2.75) is 26.1 Å². The first-order valence-corrected chi connectivity index (χ1v) is 4.03. The summed E-state index contributed by atoms with van der Waals surface area (Å²) in [6.07, 6.45) is 0.774. The molecule has 1 aliphatic rings. The van der Waals surface area contributed by atoms with Crippen molar-refractivity contribution in [2.75, 3.05) is 19.8 Å². The number of hydrogen-bond donors (Lipinski definition) is 1. The molecule has 3 nitrogen and oxygen atoms in total.